The molecule has 1 atom stereocenters. The third-order valence-electron chi connectivity index (χ3n) is 2.32. The van der Waals surface area contributed by atoms with Crippen molar-refractivity contribution in [2.45, 2.75) is 20.4 Å². The molecule has 1 heterocycles. The second-order valence-electron chi connectivity index (χ2n) is 3.70. The molecule has 0 aliphatic rings. The van der Waals surface area contributed by atoms with Crippen LogP contribution in [0.2, 0.25) is 0 Å². The van der Waals surface area contributed by atoms with Crippen LogP contribution in [0.1, 0.15) is 19.7 Å². The third-order valence-corrected chi connectivity index (χ3v) is 2.32. The molecule has 1 aromatic rings. The minimum Gasteiger partial charge on any atom is -0.330 e. The molecule has 4 N–H and O–H groups in total. The highest BCUT2D eigenvalue weighted by atomic mass is 15.5. The summed E-state index contributed by atoms with van der Waals surface area (Å²) in [7, 11) is 0. The number of nitrogens with zero attached hydrogens (tertiary/aromatic N) is 3. The van der Waals surface area contributed by atoms with Crippen molar-refractivity contribution < 1.29 is 0 Å². The van der Waals surface area contributed by atoms with Crippen LogP contribution in [0, 0.1) is 11.8 Å². The highest BCUT2D eigenvalue weighted by Crippen LogP contribution is 2.07. The summed E-state index contributed by atoms with van der Waals surface area (Å²) in [4.78, 5) is 0. The molecule has 0 amide bonds. The molecule has 0 spiro atoms. The fourth-order valence-corrected chi connectivity index (χ4v) is 1.22. The fourth-order valence-electron chi connectivity index (χ4n) is 1.22. The van der Waals surface area contributed by atoms with Gasteiger partial charge in [-0.2, -0.15) is 5.21 Å². The lowest BCUT2D eigenvalue weighted by molar-refractivity contribution is 0.369. The zero-order valence-electron chi connectivity index (χ0n) is 8.70. The highest BCUT2D eigenvalue weighted by molar-refractivity contribution is 4.75. The molecular weight excluding hydrogens is 180 g/mol. The van der Waals surface area contributed by atoms with Crippen molar-refractivity contribution in [3.8, 4) is 0 Å². The predicted octanol–water partition coefficient (Wildman–Crippen LogP) is -0.480. The molecule has 0 aromatic carbocycles. The molecule has 0 aliphatic carbocycles. The Morgan fingerprint density at radius 3 is 2.79 bits per heavy atom. The molecule has 0 radical (unpaired) electrons. The number of rotatable bonds is 6. The van der Waals surface area contributed by atoms with Gasteiger partial charge in [0.05, 0.1) is 6.54 Å². The molecule has 0 bridgehead atoms. The Morgan fingerprint density at radius 1 is 1.50 bits per heavy atom. The summed E-state index contributed by atoms with van der Waals surface area (Å²) in [5, 5.41) is 16.8. The first-order valence-electron chi connectivity index (χ1n) is 4.87. The second-order valence-corrected chi connectivity index (χ2v) is 3.70. The van der Waals surface area contributed by atoms with Crippen LogP contribution in [0.5, 0.6) is 0 Å². The molecule has 0 fully saturated rings. The van der Waals surface area contributed by atoms with Gasteiger partial charge in [-0.3, -0.25) is 0 Å². The lowest BCUT2D eigenvalue weighted by Gasteiger charge is -2.18. The lowest BCUT2D eigenvalue weighted by Crippen LogP contribution is -2.31. The fraction of sp³-hybridized carbons (Fsp3) is 0.875. The summed E-state index contributed by atoms with van der Waals surface area (Å²) < 4.78 is 0. The van der Waals surface area contributed by atoms with E-state index in [0.29, 0.717) is 30.7 Å². The van der Waals surface area contributed by atoms with Crippen molar-refractivity contribution >= 4 is 0 Å². The number of aromatic amines is 1. The summed E-state index contributed by atoms with van der Waals surface area (Å²) in [6.07, 6.45) is 0. The summed E-state index contributed by atoms with van der Waals surface area (Å²) in [5.41, 5.74) is 5.64. The van der Waals surface area contributed by atoms with Crippen LogP contribution < -0.4 is 11.1 Å². The van der Waals surface area contributed by atoms with Crippen LogP contribution in [-0.4, -0.2) is 33.7 Å². The van der Waals surface area contributed by atoms with Crippen LogP contribution >= 0.6 is 0 Å². The van der Waals surface area contributed by atoms with Crippen molar-refractivity contribution in [2.24, 2.45) is 17.6 Å². The van der Waals surface area contributed by atoms with Crippen molar-refractivity contribution in [1.29, 1.82) is 0 Å². The van der Waals surface area contributed by atoms with E-state index in [1.165, 1.54) is 0 Å². The van der Waals surface area contributed by atoms with E-state index in [2.05, 4.69) is 39.8 Å². The molecule has 1 unspecified atom stereocenters. The van der Waals surface area contributed by atoms with Crippen LogP contribution in [-0.2, 0) is 6.54 Å². The van der Waals surface area contributed by atoms with Crippen LogP contribution in [0.15, 0.2) is 0 Å². The highest BCUT2D eigenvalue weighted by Gasteiger charge is 2.10. The summed E-state index contributed by atoms with van der Waals surface area (Å²) in [5.74, 6) is 1.78. The van der Waals surface area contributed by atoms with E-state index in [1.807, 2.05) is 0 Å². The predicted molar refractivity (Wildman–Crippen MR) is 53.3 cm³/mol. The van der Waals surface area contributed by atoms with Gasteiger partial charge in [-0.15, -0.1) is 10.2 Å². The molecule has 0 aliphatic heterocycles. The first-order chi connectivity index (χ1) is 6.74. The maximum atomic E-state index is 5.64. The molecule has 0 saturated heterocycles. The average molecular weight is 198 g/mol. The summed E-state index contributed by atoms with van der Waals surface area (Å²) >= 11 is 0. The van der Waals surface area contributed by atoms with Gasteiger partial charge in [0.2, 0.25) is 0 Å². The van der Waals surface area contributed by atoms with Gasteiger partial charge in [0.15, 0.2) is 5.82 Å². The minimum absolute atomic E-state index is 0.502. The van der Waals surface area contributed by atoms with Crippen LogP contribution in [0.4, 0.5) is 0 Å². The average Bonchev–Trinajstić information content (AvgIpc) is 2.64. The number of nitrogens with one attached hydrogen (secondary N) is 2. The van der Waals surface area contributed by atoms with Crippen LogP contribution in [0.3, 0.4) is 0 Å². The van der Waals surface area contributed by atoms with E-state index < -0.39 is 0 Å². The molecule has 6 nitrogen and oxygen atoms in total. The Morgan fingerprint density at radius 2 is 2.29 bits per heavy atom. The molecular formula is C8H18N6. The van der Waals surface area contributed by atoms with Crippen molar-refractivity contribution in [3.63, 3.8) is 0 Å². The number of nitrogens with two attached hydrogens (primary N) is 1. The second kappa shape index (κ2) is 5.66. The topological polar surface area (TPSA) is 92.5 Å². The Kier molecular flexibility index (Phi) is 4.48. The zero-order valence-corrected chi connectivity index (χ0v) is 8.70. The van der Waals surface area contributed by atoms with E-state index in [-0.39, 0.29) is 0 Å². The van der Waals surface area contributed by atoms with Crippen LogP contribution in [0.25, 0.3) is 0 Å². The zero-order chi connectivity index (χ0) is 10.4. The summed E-state index contributed by atoms with van der Waals surface area (Å²) in [6, 6.07) is 0. The third kappa shape index (κ3) is 3.39. The van der Waals surface area contributed by atoms with E-state index in [1.54, 1.807) is 0 Å². The molecule has 80 valence electrons. The van der Waals surface area contributed by atoms with Gasteiger partial charge < -0.3 is 11.1 Å². The van der Waals surface area contributed by atoms with Gasteiger partial charge in [0.1, 0.15) is 0 Å². The van der Waals surface area contributed by atoms with Gasteiger partial charge in [-0.1, -0.05) is 19.1 Å². The Hall–Kier alpha value is -1.01. The SMILES string of the molecule is CC(C)C(CN)CNCc1nn[nH]n1. The number of tetrazole rings is 1. The molecule has 6 heteroatoms. The van der Waals surface area contributed by atoms with Gasteiger partial charge in [0, 0.05) is 0 Å². The van der Waals surface area contributed by atoms with Gasteiger partial charge in [0.25, 0.3) is 0 Å². The van der Waals surface area contributed by atoms with Gasteiger partial charge in [-0.05, 0) is 24.9 Å². The summed E-state index contributed by atoms with van der Waals surface area (Å²) in [6.45, 7) is 6.58. The monoisotopic (exact) mass is 198 g/mol. The molecule has 0 saturated carbocycles. The van der Waals surface area contributed by atoms with E-state index in [4.69, 9.17) is 5.73 Å². The van der Waals surface area contributed by atoms with Crippen molar-refractivity contribution in [3.05, 3.63) is 5.82 Å². The number of hydrogen-bond acceptors (Lipinski definition) is 5. The van der Waals surface area contributed by atoms with Gasteiger partial charge >= 0.3 is 0 Å². The van der Waals surface area contributed by atoms with E-state index in [9.17, 15) is 0 Å². The molecule has 1 rings (SSSR count). The Labute approximate surface area is 83.6 Å². The van der Waals surface area contributed by atoms with E-state index in [0.717, 1.165) is 6.54 Å². The first kappa shape index (κ1) is 11.1. The number of H-pyrrole nitrogens is 1. The smallest absolute Gasteiger partial charge is 0.188 e. The molecule has 1 aromatic heterocycles. The minimum atomic E-state index is 0.502. The molecule has 14 heavy (non-hydrogen) atoms. The quantitative estimate of drug-likeness (QED) is 0.574. The maximum absolute atomic E-state index is 5.64. The lowest BCUT2D eigenvalue weighted by atomic mass is 9.96. The maximum Gasteiger partial charge on any atom is 0.188 e. The number of hydrogen-bond donors (Lipinski definition) is 3. The standard InChI is InChI=1S/C8H18N6/c1-6(2)7(3-9)4-10-5-8-11-13-14-12-8/h6-7,10H,3-5,9H2,1-2H3,(H,11,12,13,14). The number of aromatic nitrogens is 4. The normalized spacial score (nSPS) is 13.4. The van der Waals surface area contributed by atoms with Gasteiger partial charge in [-0.25, -0.2) is 0 Å². The van der Waals surface area contributed by atoms with E-state index >= 15 is 0 Å². The first-order valence-corrected chi connectivity index (χ1v) is 4.87. The Balaban J connectivity index is 2.20. The van der Waals surface area contributed by atoms with Crippen molar-refractivity contribution in [1.82, 2.24) is 25.9 Å². The largest absolute Gasteiger partial charge is 0.330 e. The Bertz CT molecular complexity index is 232. The van der Waals surface area contributed by atoms with Crippen molar-refractivity contribution in [2.75, 3.05) is 13.1 Å².